The first-order chi connectivity index (χ1) is 12.1. The van der Waals surface area contributed by atoms with Crippen LogP contribution in [0.5, 0.6) is 0 Å². The average molecular weight is 329 g/mol. The van der Waals surface area contributed by atoms with Crippen LogP contribution >= 0.6 is 0 Å². The van der Waals surface area contributed by atoms with Crippen molar-refractivity contribution in [3.63, 3.8) is 0 Å². The molecule has 0 spiro atoms. The second-order valence-electron chi connectivity index (χ2n) is 6.36. The predicted molar refractivity (Wildman–Crippen MR) is 99.8 cm³/mol. The van der Waals surface area contributed by atoms with E-state index < -0.39 is 0 Å². The summed E-state index contributed by atoms with van der Waals surface area (Å²) >= 11 is 0. The summed E-state index contributed by atoms with van der Waals surface area (Å²) in [7, 11) is 0. The summed E-state index contributed by atoms with van der Waals surface area (Å²) in [5.74, 6) is -0.0310. The van der Waals surface area contributed by atoms with Gasteiger partial charge < -0.3 is 5.32 Å². The maximum atomic E-state index is 13.0. The highest BCUT2D eigenvalue weighted by Crippen LogP contribution is 2.36. The van der Waals surface area contributed by atoms with Gasteiger partial charge in [-0.2, -0.15) is 0 Å². The number of carbonyl (C=O) groups excluding carboxylic acids is 1. The van der Waals surface area contributed by atoms with E-state index in [1.807, 2.05) is 49.4 Å². The Labute approximate surface area is 147 Å². The van der Waals surface area contributed by atoms with Crippen molar-refractivity contribution in [3.8, 4) is 0 Å². The molecular formula is C21H19N3O. The first-order valence-corrected chi connectivity index (χ1v) is 8.32. The number of nitrogens with one attached hydrogen (secondary N) is 1. The van der Waals surface area contributed by atoms with Crippen molar-refractivity contribution in [1.29, 1.82) is 0 Å². The van der Waals surface area contributed by atoms with Crippen LogP contribution in [0.3, 0.4) is 0 Å². The standard InChI is InChI=1S/C21H19N3O/c1-14-5-9-16(10-6-14)23-20-19-18(4-3-13-22-19)21(25)24(20)17-11-7-15(2)8-12-17/h3-13,20,23H,1-2H3/t20-/m1/s1. The number of hydrogen-bond acceptors (Lipinski definition) is 3. The first-order valence-electron chi connectivity index (χ1n) is 8.32. The quantitative estimate of drug-likeness (QED) is 0.771. The lowest BCUT2D eigenvalue weighted by Crippen LogP contribution is -2.32. The molecule has 1 aliphatic rings. The molecule has 4 rings (SSSR count). The minimum Gasteiger partial charge on any atom is -0.360 e. The maximum absolute atomic E-state index is 13.0. The first kappa shape index (κ1) is 15.4. The molecule has 25 heavy (non-hydrogen) atoms. The molecule has 4 nitrogen and oxygen atoms in total. The number of hydrogen-bond donors (Lipinski definition) is 1. The van der Waals surface area contributed by atoms with E-state index in [2.05, 4.69) is 29.4 Å². The van der Waals surface area contributed by atoms with Gasteiger partial charge in [0.2, 0.25) is 0 Å². The number of anilines is 2. The summed E-state index contributed by atoms with van der Waals surface area (Å²) in [5, 5.41) is 3.46. The lowest BCUT2D eigenvalue weighted by atomic mass is 10.2. The van der Waals surface area contributed by atoms with Gasteiger partial charge in [0.1, 0.15) is 0 Å². The number of amides is 1. The number of nitrogens with zero attached hydrogens (tertiary/aromatic N) is 2. The SMILES string of the molecule is Cc1ccc(N[C@H]2c3ncccc3C(=O)N2c2ccc(C)cc2)cc1. The number of aryl methyl sites for hydroxylation is 2. The predicted octanol–water partition coefficient (Wildman–Crippen LogP) is 4.47. The zero-order valence-electron chi connectivity index (χ0n) is 14.2. The van der Waals surface area contributed by atoms with Crippen LogP contribution in [-0.2, 0) is 0 Å². The van der Waals surface area contributed by atoms with E-state index in [4.69, 9.17) is 0 Å². The van der Waals surface area contributed by atoms with E-state index in [0.29, 0.717) is 5.56 Å². The minimum atomic E-state index is -0.325. The number of fused-ring (bicyclic) bond motifs is 1. The lowest BCUT2D eigenvalue weighted by molar-refractivity contribution is 0.0993. The van der Waals surface area contributed by atoms with Gasteiger partial charge in [-0.05, 0) is 50.2 Å². The molecule has 1 aromatic heterocycles. The largest absolute Gasteiger partial charge is 0.360 e. The molecule has 0 fully saturated rings. The molecule has 3 aromatic rings. The van der Waals surface area contributed by atoms with Crippen LogP contribution in [0, 0.1) is 13.8 Å². The van der Waals surface area contributed by atoms with Crippen molar-refractivity contribution in [2.24, 2.45) is 0 Å². The van der Waals surface area contributed by atoms with Crippen LogP contribution in [0.1, 0.15) is 33.3 Å². The molecule has 1 aliphatic heterocycles. The van der Waals surface area contributed by atoms with E-state index >= 15 is 0 Å². The third kappa shape index (κ3) is 2.76. The fraction of sp³-hybridized carbons (Fsp3) is 0.143. The molecule has 0 aliphatic carbocycles. The van der Waals surface area contributed by atoms with Gasteiger partial charge in [0, 0.05) is 17.6 Å². The molecule has 1 N–H and O–H groups in total. The molecule has 1 amide bonds. The van der Waals surface area contributed by atoms with Crippen LogP contribution in [-0.4, -0.2) is 10.9 Å². The van der Waals surface area contributed by atoms with Gasteiger partial charge in [0.25, 0.3) is 5.91 Å². The Morgan fingerprint density at radius 3 is 2.24 bits per heavy atom. The number of aromatic nitrogens is 1. The molecule has 2 aromatic carbocycles. The Morgan fingerprint density at radius 2 is 1.56 bits per heavy atom. The van der Waals surface area contributed by atoms with Gasteiger partial charge in [0.15, 0.2) is 6.17 Å². The highest BCUT2D eigenvalue weighted by molar-refractivity contribution is 6.11. The summed E-state index contributed by atoms with van der Waals surface area (Å²) in [6.45, 7) is 4.09. The third-order valence-corrected chi connectivity index (χ3v) is 4.47. The number of carbonyl (C=O) groups is 1. The van der Waals surface area contributed by atoms with Crippen molar-refractivity contribution in [3.05, 3.63) is 89.2 Å². The van der Waals surface area contributed by atoms with Crippen LogP contribution in [0.15, 0.2) is 66.9 Å². The van der Waals surface area contributed by atoms with Gasteiger partial charge in [0.05, 0.1) is 11.3 Å². The van der Waals surface area contributed by atoms with Crippen LogP contribution in [0.2, 0.25) is 0 Å². The zero-order chi connectivity index (χ0) is 17.4. The van der Waals surface area contributed by atoms with Crippen molar-refractivity contribution < 1.29 is 4.79 Å². The Morgan fingerprint density at radius 1 is 0.920 bits per heavy atom. The van der Waals surface area contributed by atoms with E-state index in [-0.39, 0.29) is 12.1 Å². The van der Waals surface area contributed by atoms with Crippen LogP contribution < -0.4 is 10.2 Å². The fourth-order valence-electron chi connectivity index (χ4n) is 3.10. The smallest absolute Gasteiger partial charge is 0.262 e. The highest BCUT2D eigenvalue weighted by atomic mass is 16.2. The van der Waals surface area contributed by atoms with Crippen molar-refractivity contribution in [2.75, 3.05) is 10.2 Å². The second kappa shape index (κ2) is 6.06. The molecule has 0 bridgehead atoms. The molecule has 124 valence electrons. The van der Waals surface area contributed by atoms with Gasteiger partial charge in [-0.25, -0.2) is 0 Å². The fourth-order valence-corrected chi connectivity index (χ4v) is 3.10. The normalized spacial score (nSPS) is 16.0. The summed E-state index contributed by atoms with van der Waals surface area (Å²) in [6, 6.07) is 19.8. The summed E-state index contributed by atoms with van der Waals surface area (Å²) in [5.41, 5.74) is 5.58. The van der Waals surface area contributed by atoms with E-state index in [1.165, 1.54) is 5.56 Å². The van der Waals surface area contributed by atoms with Crippen molar-refractivity contribution >= 4 is 17.3 Å². The van der Waals surface area contributed by atoms with Crippen LogP contribution in [0.25, 0.3) is 0 Å². The van der Waals surface area contributed by atoms with Crippen molar-refractivity contribution in [2.45, 2.75) is 20.0 Å². The van der Waals surface area contributed by atoms with E-state index in [9.17, 15) is 4.79 Å². The number of benzene rings is 2. The number of pyridine rings is 1. The minimum absolute atomic E-state index is 0.0310. The Bertz CT molecular complexity index is 917. The molecule has 4 heteroatoms. The van der Waals surface area contributed by atoms with E-state index in [0.717, 1.165) is 22.6 Å². The Balaban J connectivity index is 1.77. The maximum Gasteiger partial charge on any atom is 0.262 e. The Hall–Kier alpha value is -3.14. The highest BCUT2D eigenvalue weighted by Gasteiger charge is 2.38. The molecule has 0 radical (unpaired) electrons. The van der Waals surface area contributed by atoms with Crippen molar-refractivity contribution in [1.82, 2.24) is 4.98 Å². The molecule has 1 atom stereocenters. The van der Waals surface area contributed by atoms with E-state index in [1.54, 1.807) is 17.2 Å². The third-order valence-electron chi connectivity index (χ3n) is 4.47. The number of rotatable bonds is 3. The molecule has 0 unspecified atom stereocenters. The van der Waals surface area contributed by atoms with Gasteiger partial charge in [-0.1, -0.05) is 35.4 Å². The Kier molecular flexibility index (Phi) is 3.73. The molecule has 2 heterocycles. The zero-order valence-corrected chi connectivity index (χ0v) is 14.2. The monoisotopic (exact) mass is 329 g/mol. The summed E-state index contributed by atoms with van der Waals surface area (Å²) in [6.07, 6.45) is 1.41. The van der Waals surface area contributed by atoms with Gasteiger partial charge >= 0.3 is 0 Å². The molecule has 0 saturated carbocycles. The molecule has 0 saturated heterocycles. The average Bonchev–Trinajstić information content (AvgIpc) is 2.90. The van der Waals surface area contributed by atoms with Gasteiger partial charge in [-0.3, -0.25) is 14.7 Å². The lowest BCUT2D eigenvalue weighted by Gasteiger charge is -2.26. The van der Waals surface area contributed by atoms with Gasteiger partial charge in [-0.15, -0.1) is 0 Å². The van der Waals surface area contributed by atoms with Crippen LogP contribution in [0.4, 0.5) is 11.4 Å². The molecular weight excluding hydrogens is 310 g/mol. The summed E-state index contributed by atoms with van der Waals surface area (Å²) < 4.78 is 0. The topological polar surface area (TPSA) is 45.2 Å². The summed E-state index contributed by atoms with van der Waals surface area (Å²) in [4.78, 5) is 19.2. The second-order valence-corrected chi connectivity index (χ2v) is 6.36.